The van der Waals surface area contributed by atoms with Crippen LogP contribution in [-0.2, 0) is 0 Å². The van der Waals surface area contributed by atoms with Crippen LogP contribution in [0.4, 0.5) is 0 Å². The molecule has 3 aromatic heterocycles. The highest BCUT2D eigenvalue weighted by molar-refractivity contribution is 7.19. The molecule has 0 N–H and O–H groups in total. The molecule has 0 bridgehead atoms. The van der Waals surface area contributed by atoms with Crippen LogP contribution in [0.2, 0.25) is 0 Å². The van der Waals surface area contributed by atoms with Crippen molar-refractivity contribution in [2.75, 3.05) is 0 Å². The van der Waals surface area contributed by atoms with Crippen molar-refractivity contribution in [3.05, 3.63) is 242 Å². The molecule has 0 atom stereocenters. The van der Waals surface area contributed by atoms with Gasteiger partial charge in [-0.2, -0.15) is 0 Å². The van der Waals surface area contributed by atoms with Gasteiger partial charge in [0.25, 0.3) is 0 Å². The zero-order valence-corrected chi connectivity index (χ0v) is 35.0. The van der Waals surface area contributed by atoms with Gasteiger partial charge in [0.1, 0.15) is 5.58 Å². The molecule has 0 amide bonds. The van der Waals surface area contributed by atoms with E-state index < -0.39 is 56.4 Å². The minimum Gasteiger partial charge on any atom is -0.454 e. The summed E-state index contributed by atoms with van der Waals surface area (Å²) in [5, 5.41) is 4.98. The van der Waals surface area contributed by atoms with Crippen LogP contribution in [0.15, 0.2) is 247 Å². The number of furan rings is 1. The molecule has 3 nitrogen and oxygen atoms in total. The first-order valence-corrected chi connectivity index (χ1v) is 23.0. The molecule has 0 aliphatic carbocycles. The minimum atomic E-state index is -3.73. The van der Waals surface area contributed by atoms with Crippen molar-refractivity contribution in [1.82, 2.24) is 9.13 Å². The average Bonchev–Trinajstić information content (AvgIpc) is 4.32. The lowest BCUT2D eigenvalue weighted by atomic mass is 10.1. The van der Waals surface area contributed by atoms with Gasteiger partial charge in [-0.1, -0.05) is 200 Å². The molecule has 13 aromatic rings. The Morgan fingerprint density at radius 3 is 1.58 bits per heavy atom. The summed E-state index contributed by atoms with van der Waals surface area (Å²) in [7, 11) is -3.73. The van der Waals surface area contributed by atoms with E-state index in [4.69, 9.17) is 12.6 Å². The Hall–Kier alpha value is -8.18. The number of hydrogen-bond donors (Lipinski definition) is 0. The van der Waals surface area contributed by atoms with Gasteiger partial charge in [-0.3, -0.25) is 0 Å². The van der Waals surface area contributed by atoms with Crippen molar-refractivity contribution < 1.29 is 20.9 Å². The Kier molecular flexibility index (Phi) is 5.94. The Labute approximate surface area is 388 Å². The second kappa shape index (κ2) is 14.5. The fourth-order valence-corrected chi connectivity index (χ4v) is 14.3. The molecule has 0 saturated heterocycles. The molecule has 0 fully saturated rings. The van der Waals surface area contributed by atoms with Crippen molar-refractivity contribution in [2.24, 2.45) is 0 Å². The molecule has 3 heterocycles. The number of para-hydroxylation sites is 4. The Bertz CT molecular complexity index is 4450. The zero-order valence-electron chi connectivity index (χ0n) is 46.0. The van der Waals surface area contributed by atoms with E-state index >= 15 is 0 Å². The molecule has 10 aromatic carbocycles. The van der Waals surface area contributed by atoms with Crippen LogP contribution in [0.5, 0.6) is 0 Å². The van der Waals surface area contributed by atoms with Gasteiger partial charge >= 0.3 is 0 Å². The number of hydrogen-bond acceptors (Lipinski definition) is 1. The predicted molar refractivity (Wildman–Crippen MR) is 271 cm³/mol. The van der Waals surface area contributed by atoms with Crippen LogP contribution in [0, 0.1) is 0 Å². The third-order valence-electron chi connectivity index (χ3n) is 12.6. The van der Waals surface area contributed by atoms with Crippen molar-refractivity contribution >= 4 is 94.4 Å². The van der Waals surface area contributed by atoms with Crippen LogP contribution in [0.25, 0.3) is 88.1 Å². The van der Waals surface area contributed by atoms with E-state index in [1.54, 1.807) is 22.8 Å². The molecule has 0 radical (unpaired) electrons. The number of nitrogens with zero attached hydrogens (tertiary/aromatic N) is 2. The summed E-state index contributed by atoms with van der Waals surface area (Å²) in [4.78, 5) is 0. The van der Waals surface area contributed by atoms with E-state index in [1.807, 2.05) is 127 Å². The van der Waals surface area contributed by atoms with E-state index in [0.29, 0.717) is 43.3 Å². The van der Waals surface area contributed by atoms with Crippen LogP contribution in [0.3, 0.4) is 0 Å². The highest BCUT2D eigenvalue weighted by Gasteiger charge is 2.41. The van der Waals surface area contributed by atoms with Crippen LogP contribution < -0.4 is 20.7 Å². The third-order valence-corrected chi connectivity index (χ3v) is 17.2. The molecule has 0 spiro atoms. The lowest BCUT2D eigenvalue weighted by molar-refractivity contribution is 0.666. The third kappa shape index (κ3) is 5.33. The minimum absolute atomic E-state index is 0.00664. The molecule has 300 valence electrons. The van der Waals surface area contributed by atoms with Crippen LogP contribution >= 0.6 is 0 Å². The van der Waals surface area contributed by atoms with Crippen molar-refractivity contribution in [3.8, 4) is 22.5 Å². The summed E-state index contributed by atoms with van der Waals surface area (Å²) in [6, 6.07) is 49.4. The molecule has 4 heteroatoms. The van der Waals surface area contributed by atoms with Gasteiger partial charge in [0.05, 0.1) is 49.6 Å². The number of aromatic nitrogens is 2. The first kappa shape index (κ1) is 26.3. The number of benzene rings is 10. The van der Waals surface area contributed by atoms with Crippen molar-refractivity contribution in [3.63, 3.8) is 0 Å². The van der Waals surface area contributed by atoms with Crippen LogP contribution in [-0.4, -0.2) is 17.2 Å². The second-order valence-electron chi connectivity index (χ2n) is 15.9. The highest BCUT2D eigenvalue weighted by atomic mass is 28.3. The van der Waals surface area contributed by atoms with E-state index in [2.05, 4.69) is 24.3 Å². The summed E-state index contributed by atoms with van der Waals surface area (Å²) in [6.07, 6.45) is 0. The van der Waals surface area contributed by atoms with Gasteiger partial charge in [-0.05, 0) is 74.2 Å². The quantitative estimate of drug-likeness (QED) is 0.116. The first-order chi connectivity index (χ1) is 36.8. The maximum atomic E-state index is 10.3. The molecule has 0 aliphatic rings. The Morgan fingerprint density at radius 1 is 0.391 bits per heavy atom. The molecular weight excluding hydrogens is 793 g/mol. The van der Waals surface area contributed by atoms with Crippen molar-refractivity contribution in [2.45, 2.75) is 0 Å². The van der Waals surface area contributed by atoms with E-state index in [1.165, 1.54) is 4.57 Å². The van der Waals surface area contributed by atoms with Gasteiger partial charge in [0.15, 0.2) is 13.7 Å². The van der Waals surface area contributed by atoms with E-state index in [-0.39, 0.29) is 62.9 Å². The summed E-state index contributed by atoms with van der Waals surface area (Å²) >= 11 is 0. The molecule has 0 unspecified atom stereocenters. The average molecular weight is 845 g/mol. The molecule has 13 rings (SSSR count). The standard InChI is InChI=1S/C60H40N2OSi/c1-4-18-41(19-5-1)42-32-36-46(37-33-42)64(44-20-6-2-7-21-44,45-22-8-3-9-23-45)47-38-34-43(35-39-47)61-53-28-14-12-26-50(53)52-40-56(60-58(59(52)61)51-27-13-17-31-57(51)63-60)62-54-29-15-10-24-48(54)49-25-11-16-30-55(49)62/h1-40H/i10D,11D,15D,16D,24D,25D,29D,30D,34D,35D,38D,39D. The first-order valence-electron chi connectivity index (χ1n) is 27.0. The van der Waals surface area contributed by atoms with Crippen LogP contribution in [0.1, 0.15) is 16.4 Å². The largest absolute Gasteiger partial charge is 0.454 e. The second-order valence-corrected chi connectivity index (χ2v) is 19.6. The fraction of sp³-hybridized carbons (Fsp3) is 0. The monoisotopic (exact) mass is 844 g/mol. The normalized spacial score (nSPS) is 14.7. The number of fused-ring (bicyclic) bond motifs is 10. The molecular formula is C60H40N2OSi. The van der Waals surface area contributed by atoms with Gasteiger partial charge in [0.2, 0.25) is 0 Å². The maximum absolute atomic E-state index is 10.3. The Morgan fingerprint density at radius 2 is 0.922 bits per heavy atom. The predicted octanol–water partition coefficient (Wildman–Crippen LogP) is 12.8. The summed E-state index contributed by atoms with van der Waals surface area (Å²) in [5.41, 5.74) is 3.68. The van der Waals surface area contributed by atoms with Gasteiger partial charge < -0.3 is 13.6 Å². The Balaban J connectivity index is 1.17. The van der Waals surface area contributed by atoms with Gasteiger partial charge in [0, 0.05) is 32.6 Å². The van der Waals surface area contributed by atoms with Gasteiger partial charge in [-0.15, -0.1) is 0 Å². The highest BCUT2D eigenvalue weighted by Crippen LogP contribution is 2.45. The van der Waals surface area contributed by atoms with E-state index in [9.17, 15) is 8.22 Å². The zero-order chi connectivity index (χ0) is 52.6. The SMILES string of the molecule is [2H]c1c([2H])c([Si](c2ccccc2)(c2ccccc2)c2ccc(-c3ccccc3)cc2)c([2H])c([2H])c1-n1c2ccccc2c2cc(-n3c4c([2H])c([2H])c([2H])c([2H])c4c4c([2H])c([2H])c([2H])c([2H])c43)c3oc4ccccc4c3c21. The topological polar surface area (TPSA) is 23.0 Å². The lowest BCUT2D eigenvalue weighted by Gasteiger charge is -2.34. The maximum Gasteiger partial charge on any atom is 0.179 e. The molecule has 64 heavy (non-hydrogen) atoms. The number of rotatable bonds is 7. The van der Waals surface area contributed by atoms with Gasteiger partial charge in [-0.25, -0.2) is 0 Å². The van der Waals surface area contributed by atoms with E-state index in [0.717, 1.165) is 26.7 Å². The summed E-state index contributed by atoms with van der Waals surface area (Å²) in [5.74, 6) is 0. The lowest BCUT2D eigenvalue weighted by Crippen LogP contribution is -2.74. The molecule has 0 aliphatic heterocycles. The smallest absolute Gasteiger partial charge is 0.179 e. The summed E-state index contributed by atoms with van der Waals surface area (Å²) < 4.78 is 123. The summed E-state index contributed by atoms with van der Waals surface area (Å²) in [6.45, 7) is 0. The molecule has 0 saturated carbocycles. The fourth-order valence-electron chi connectivity index (χ4n) is 9.84. The van der Waals surface area contributed by atoms with Crippen molar-refractivity contribution in [1.29, 1.82) is 0 Å².